The van der Waals surface area contributed by atoms with Crippen molar-refractivity contribution < 1.29 is 31.5 Å². The molecule has 11 heteroatoms. The molecule has 0 spiro atoms. The Balaban J connectivity index is 1.79. The number of benzene rings is 4. The van der Waals surface area contributed by atoms with Gasteiger partial charge in [0.1, 0.15) is 30.0 Å². The van der Waals surface area contributed by atoms with Gasteiger partial charge in [0.15, 0.2) is 0 Å². The molecular formula is C36H39F2N3O5S. The van der Waals surface area contributed by atoms with Gasteiger partial charge in [-0.3, -0.25) is 13.9 Å². The maximum absolute atomic E-state index is 14.5. The van der Waals surface area contributed by atoms with Crippen molar-refractivity contribution in [1.82, 2.24) is 10.2 Å². The second-order valence-electron chi connectivity index (χ2n) is 11.4. The molecule has 0 aromatic heterocycles. The van der Waals surface area contributed by atoms with Crippen molar-refractivity contribution in [3.05, 3.63) is 126 Å². The van der Waals surface area contributed by atoms with Crippen LogP contribution in [0.25, 0.3) is 0 Å². The van der Waals surface area contributed by atoms with Gasteiger partial charge < -0.3 is 15.0 Å². The van der Waals surface area contributed by atoms with Gasteiger partial charge in [0, 0.05) is 19.5 Å². The number of nitrogens with zero attached hydrogens (tertiary/aromatic N) is 2. The van der Waals surface area contributed by atoms with Gasteiger partial charge in [-0.15, -0.1) is 0 Å². The minimum Gasteiger partial charge on any atom is -0.494 e. The summed E-state index contributed by atoms with van der Waals surface area (Å²) in [4.78, 5) is 29.4. The van der Waals surface area contributed by atoms with Gasteiger partial charge in [0.25, 0.3) is 10.0 Å². The van der Waals surface area contributed by atoms with E-state index in [1.807, 2.05) is 51.1 Å². The Morgan fingerprint density at radius 2 is 1.40 bits per heavy atom. The normalized spacial score (nSPS) is 12.0. The number of ether oxygens (including phenoxy) is 1. The van der Waals surface area contributed by atoms with E-state index in [1.54, 1.807) is 12.1 Å². The maximum Gasteiger partial charge on any atom is 0.264 e. The van der Waals surface area contributed by atoms with Crippen molar-refractivity contribution in [3.63, 3.8) is 0 Å². The first-order valence-corrected chi connectivity index (χ1v) is 16.8. The number of sulfonamides is 1. The third-order valence-electron chi connectivity index (χ3n) is 7.34. The third-order valence-corrected chi connectivity index (χ3v) is 9.13. The number of anilines is 1. The first-order chi connectivity index (χ1) is 22.5. The molecule has 1 N–H and O–H groups in total. The van der Waals surface area contributed by atoms with Crippen LogP contribution in [0.2, 0.25) is 0 Å². The predicted octanol–water partition coefficient (Wildman–Crippen LogP) is 5.97. The summed E-state index contributed by atoms with van der Waals surface area (Å²) in [6.07, 6.45) is 0.144. The Morgan fingerprint density at radius 1 is 0.809 bits per heavy atom. The zero-order valence-electron chi connectivity index (χ0n) is 26.6. The molecule has 248 valence electrons. The zero-order valence-corrected chi connectivity index (χ0v) is 27.4. The largest absolute Gasteiger partial charge is 0.494 e. The predicted molar refractivity (Wildman–Crippen MR) is 177 cm³/mol. The second kappa shape index (κ2) is 16.2. The number of carbonyl (C=O) groups excluding carboxylic acids is 2. The van der Waals surface area contributed by atoms with Crippen LogP contribution >= 0.6 is 0 Å². The summed E-state index contributed by atoms with van der Waals surface area (Å²) in [7, 11) is -4.40. The number of carbonyl (C=O) groups is 2. The molecule has 0 heterocycles. The molecule has 4 rings (SSSR count). The van der Waals surface area contributed by atoms with Crippen molar-refractivity contribution >= 4 is 27.5 Å². The van der Waals surface area contributed by atoms with E-state index < -0.39 is 46.1 Å². The van der Waals surface area contributed by atoms with Crippen LogP contribution in [0.5, 0.6) is 5.75 Å². The van der Waals surface area contributed by atoms with Crippen LogP contribution < -0.4 is 14.4 Å². The van der Waals surface area contributed by atoms with Crippen LogP contribution in [0.1, 0.15) is 31.9 Å². The number of rotatable bonds is 15. The summed E-state index contributed by atoms with van der Waals surface area (Å²) in [5.74, 6) is -1.52. The molecule has 1 atom stereocenters. The molecule has 0 fully saturated rings. The van der Waals surface area contributed by atoms with Gasteiger partial charge >= 0.3 is 0 Å². The van der Waals surface area contributed by atoms with Crippen LogP contribution in [0.4, 0.5) is 14.5 Å². The van der Waals surface area contributed by atoms with Crippen LogP contribution in [-0.2, 0) is 32.6 Å². The lowest BCUT2D eigenvalue weighted by Crippen LogP contribution is -2.53. The Bertz CT molecular complexity index is 1720. The molecule has 47 heavy (non-hydrogen) atoms. The number of amides is 2. The minimum absolute atomic E-state index is 0.0978. The maximum atomic E-state index is 14.5. The van der Waals surface area contributed by atoms with E-state index in [0.717, 1.165) is 34.1 Å². The summed E-state index contributed by atoms with van der Waals surface area (Å²) in [6.45, 7) is 5.69. The third kappa shape index (κ3) is 9.62. The number of nitrogens with one attached hydrogen (secondary N) is 1. The first kappa shape index (κ1) is 35.1. The van der Waals surface area contributed by atoms with Crippen LogP contribution in [0.3, 0.4) is 0 Å². The second-order valence-corrected chi connectivity index (χ2v) is 13.2. The van der Waals surface area contributed by atoms with E-state index in [4.69, 9.17) is 4.74 Å². The molecule has 0 aliphatic carbocycles. The van der Waals surface area contributed by atoms with Crippen molar-refractivity contribution in [1.29, 1.82) is 0 Å². The fourth-order valence-corrected chi connectivity index (χ4v) is 6.31. The fraction of sp³-hybridized carbons (Fsp3) is 0.278. The van der Waals surface area contributed by atoms with Crippen LogP contribution in [0, 0.1) is 17.6 Å². The Labute approximate surface area is 275 Å². The summed E-state index contributed by atoms with van der Waals surface area (Å²) >= 11 is 0. The van der Waals surface area contributed by atoms with Crippen molar-refractivity contribution in [3.8, 4) is 5.75 Å². The number of halogens is 2. The number of hydrogen-bond donors (Lipinski definition) is 1. The summed E-state index contributed by atoms with van der Waals surface area (Å²) < 4.78 is 62.2. The van der Waals surface area contributed by atoms with E-state index in [1.165, 1.54) is 41.3 Å². The molecule has 1 unspecified atom stereocenters. The molecule has 4 aromatic carbocycles. The summed E-state index contributed by atoms with van der Waals surface area (Å²) in [5, 5.41) is 2.92. The first-order valence-electron chi connectivity index (χ1n) is 15.3. The summed E-state index contributed by atoms with van der Waals surface area (Å²) in [6, 6.07) is 24.2. The van der Waals surface area contributed by atoms with Gasteiger partial charge in [0.05, 0.1) is 17.2 Å². The SMILES string of the molecule is CCOc1ccc(N(CC(=O)N(Cc2ccc(F)cc2)C(Cc2ccccc2)C(=O)NCC(C)C)S(=O)(=O)c2ccc(F)cc2)cc1. The van der Waals surface area contributed by atoms with E-state index in [2.05, 4.69) is 5.32 Å². The molecule has 4 aromatic rings. The lowest BCUT2D eigenvalue weighted by Gasteiger charge is -2.34. The lowest BCUT2D eigenvalue weighted by molar-refractivity contribution is -0.140. The molecule has 0 aliphatic rings. The molecule has 0 radical (unpaired) electrons. The molecule has 0 aliphatic heterocycles. The topological polar surface area (TPSA) is 96.0 Å². The quantitative estimate of drug-likeness (QED) is 0.169. The van der Waals surface area contributed by atoms with Gasteiger partial charge in [0.2, 0.25) is 11.8 Å². The van der Waals surface area contributed by atoms with E-state index >= 15 is 0 Å². The minimum atomic E-state index is -4.40. The van der Waals surface area contributed by atoms with Gasteiger partial charge in [-0.2, -0.15) is 0 Å². The average molecular weight is 664 g/mol. The van der Waals surface area contributed by atoms with Crippen molar-refractivity contribution in [2.24, 2.45) is 5.92 Å². The highest BCUT2D eigenvalue weighted by molar-refractivity contribution is 7.92. The molecule has 0 bridgehead atoms. The van der Waals surface area contributed by atoms with Gasteiger partial charge in [-0.05, 0) is 84.6 Å². The van der Waals surface area contributed by atoms with Crippen molar-refractivity contribution in [2.75, 3.05) is 24.0 Å². The summed E-state index contributed by atoms with van der Waals surface area (Å²) in [5.41, 5.74) is 1.50. The molecule has 0 saturated heterocycles. The highest BCUT2D eigenvalue weighted by atomic mass is 32.2. The lowest BCUT2D eigenvalue weighted by atomic mass is 10.0. The Kier molecular flexibility index (Phi) is 12.1. The monoisotopic (exact) mass is 663 g/mol. The molecule has 0 saturated carbocycles. The van der Waals surface area contributed by atoms with E-state index in [-0.39, 0.29) is 29.5 Å². The average Bonchev–Trinajstić information content (AvgIpc) is 3.06. The van der Waals surface area contributed by atoms with E-state index in [0.29, 0.717) is 24.5 Å². The smallest absolute Gasteiger partial charge is 0.264 e. The Hall–Kier alpha value is -4.77. The molecule has 8 nitrogen and oxygen atoms in total. The van der Waals surface area contributed by atoms with Crippen LogP contribution in [-0.4, -0.2) is 50.9 Å². The molecule has 2 amide bonds. The zero-order chi connectivity index (χ0) is 34.0. The fourth-order valence-electron chi connectivity index (χ4n) is 4.90. The van der Waals surface area contributed by atoms with E-state index in [9.17, 15) is 26.8 Å². The highest BCUT2D eigenvalue weighted by Crippen LogP contribution is 2.27. The molecular weight excluding hydrogens is 624 g/mol. The number of hydrogen-bond acceptors (Lipinski definition) is 5. The van der Waals surface area contributed by atoms with Gasteiger partial charge in [-0.25, -0.2) is 17.2 Å². The standard InChI is InChI=1S/C36H39F2N3O5S/c1-4-46-32-18-16-31(17-19-32)41(47(44,45)33-20-14-30(38)15-21-33)25-35(42)40(24-28-10-12-29(37)13-11-28)34(36(43)39-23-26(2)3)22-27-8-6-5-7-9-27/h5-21,26,34H,4,22-25H2,1-3H3,(H,39,43). The van der Waals surface area contributed by atoms with Gasteiger partial charge in [-0.1, -0.05) is 56.3 Å². The Morgan fingerprint density at radius 3 is 1.98 bits per heavy atom. The van der Waals surface area contributed by atoms with Crippen molar-refractivity contribution in [2.45, 2.75) is 44.7 Å². The van der Waals surface area contributed by atoms with Crippen LogP contribution in [0.15, 0.2) is 108 Å². The highest BCUT2D eigenvalue weighted by Gasteiger charge is 2.34.